The second kappa shape index (κ2) is 10.2. The van der Waals surface area contributed by atoms with Crippen LogP contribution in [0.2, 0.25) is 0 Å². The number of aromatic nitrogens is 2. The predicted molar refractivity (Wildman–Crippen MR) is 129 cm³/mol. The number of benzene rings is 2. The smallest absolute Gasteiger partial charge is 0.343 e. The van der Waals surface area contributed by atoms with Crippen LogP contribution in [-0.4, -0.2) is 42.2 Å². The van der Waals surface area contributed by atoms with Crippen molar-refractivity contribution in [1.29, 1.82) is 0 Å². The topological polar surface area (TPSA) is 92.0 Å². The van der Waals surface area contributed by atoms with Crippen LogP contribution in [-0.2, 0) is 9.53 Å². The first-order valence-corrected chi connectivity index (χ1v) is 11.1. The van der Waals surface area contributed by atoms with Crippen LogP contribution >= 0.6 is 38.5 Å². The molecule has 0 bridgehead atoms. The molecule has 0 radical (unpaired) electrons. The lowest BCUT2D eigenvalue weighted by Crippen LogP contribution is -2.20. The number of fused-ring (bicyclic) bond motifs is 1. The van der Waals surface area contributed by atoms with Crippen molar-refractivity contribution >= 4 is 61.6 Å². The summed E-state index contributed by atoms with van der Waals surface area (Å²) in [5.74, 6) is 0.878. The number of ether oxygens (including phenoxy) is 3. The third-order valence-corrected chi connectivity index (χ3v) is 5.48. The van der Waals surface area contributed by atoms with Crippen LogP contribution in [0.5, 0.6) is 11.5 Å². The van der Waals surface area contributed by atoms with E-state index >= 15 is 0 Å². The fourth-order valence-electron chi connectivity index (χ4n) is 2.78. The average Bonchev–Trinajstić information content (AvgIpc) is 2.73. The van der Waals surface area contributed by atoms with Gasteiger partial charge in [-0.1, -0.05) is 15.9 Å². The summed E-state index contributed by atoms with van der Waals surface area (Å²) in [7, 11) is 1.30. The van der Waals surface area contributed by atoms with Crippen molar-refractivity contribution in [3.05, 3.63) is 60.1 Å². The van der Waals surface area contributed by atoms with E-state index < -0.39 is 5.97 Å². The molecule has 3 aromatic rings. The molecule has 8 nitrogen and oxygen atoms in total. The minimum Gasteiger partial charge on any atom is -0.490 e. The van der Waals surface area contributed by atoms with Crippen LogP contribution < -0.4 is 15.0 Å². The normalized spacial score (nSPS) is 11.1. The van der Waals surface area contributed by atoms with Crippen molar-refractivity contribution in [2.24, 2.45) is 5.10 Å². The molecule has 0 unspecified atom stereocenters. The largest absolute Gasteiger partial charge is 0.490 e. The molecule has 10 heteroatoms. The number of rotatable bonds is 7. The zero-order valence-corrected chi connectivity index (χ0v) is 20.8. The van der Waals surface area contributed by atoms with Crippen molar-refractivity contribution in [3.63, 3.8) is 0 Å². The maximum Gasteiger partial charge on any atom is 0.343 e. The number of halogens is 2. The highest BCUT2D eigenvalue weighted by Gasteiger charge is 2.14. The highest BCUT2D eigenvalue weighted by atomic mass is 127. The van der Waals surface area contributed by atoms with Gasteiger partial charge in [-0.3, -0.25) is 4.79 Å². The summed E-state index contributed by atoms with van der Waals surface area (Å²) in [6.07, 6.45) is 1.55. The predicted octanol–water partition coefficient (Wildman–Crippen LogP) is 3.90. The summed E-state index contributed by atoms with van der Waals surface area (Å²) in [5, 5.41) is 4.81. The van der Waals surface area contributed by atoms with Crippen LogP contribution in [0.3, 0.4) is 0 Å². The van der Waals surface area contributed by atoms with Crippen LogP contribution in [0.15, 0.2) is 44.7 Å². The van der Waals surface area contributed by atoms with Gasteiger partial charge >= 0.3 is 5.97 Å². The van der Waals surface area contributed by atoms with Crippen molar-refractivity contribution in [2.75, 3.05) is 20.3 Å². The number of hydrogen-bond acceptors (Lipinski definition) is 7. The van der Waals surface area contributed by atoms with E-state index in [4.69, 9.17) is 9.47 Å². The number of methoxy groups -OCH3 is 1. The summed E-state index contributed by atoms with van der Waals surface area (Å²) < 4.78 is 18.6. The van der Waals surface area contributed by atoms with Crippen molar-refractivity contribution in [2.45, 2.75) is 13.8 Å². The molecule has 162 valence electrons. The summed E-state index contributed by atoms with van der Waals surface area (Å²) in [5.41, 5.74) is 1.04. The van der Waals surface area contributed by atoms with E-state index in [0.717, 1.165) is 8.04 Å². The van der Waals surface area contributed by atoms with Gasteiger partial charge in [-0.25, -0.2) is 9.78 Å². The van der Waals surface area contributed by atoms with E-state index in [1.165, 1.54) is 11.8 Å². The summed E-state index contributed by atoms with van der Waals surface area (Å²) in [6.45, 7) is 3.75. The van der Waals surface area contributed by atoms with Crippen LogP contribution in [0.1, 0.15) is 18.3 Å². The SMILES string of the molecule is CCOc1cc(C=Nn2c(C)nc3ccc(Br)cc3c2=O)cc(I)c1OCC(=O)OC. The van der Waals surface area contributed by atoms with Gasteiger partial charge in [0.25, 0.3) is 5.56 Å². The van der Waals surface area contributed by atoms with Crippen LogP contribution in [0, 0.1) is 10.5 Å². The number of hydrogen-bond donors (Lipinski definition) is 0. The first kappa shape index (κ1) is 23.2. The van der Waals surface area contributed by atoms with E-state index in [9.17, 15) is 9.59 Å². The molecule has 1 heterocycles. The maximum atomic E-state index is 12.9. The molecule has 0 aliphatic rings. The molecule has 0 saturated heterocycles. The lowest BCUT2D eigenvalue weighted by atomic mass is 10.2. The molecule has 0 aliphatic heterocycles. The Bertz CT molecular complexity index is 1230. The molecule has 0 fully saturated rings. The number of carbonyl (C=O) groups is 1. The van der Waals surface area contributed by atoms with Gasteiger partial charge in [-0.15, -0.1) is 0 Å². The van der Waals surface area contributed by atoms with Crippen molar-refractivity contribution in [3.8, 4) is 11.5 Å². The second-order valence-electron chi connectivity index (χ2n) is 6.31. The molecule has 2 aromatic carbocycles. The average molecular weight is 600 g/mol. The summed E-state index contributed by atoms with van der Waals surface area (Å²) >= 11 is 5.47. The van der Waals surface area contributed by atoms with Crippen LogP contribution in [0.4, 0.5) is 0 Å². The molecule has 0 N–H and O–H groups in total. The van der Waals surface area contributed by atoms with Gasteiger partial charge in [-0.05, 0) is 72.3 Å². The Hall–Kier alpha value is -2.47. The highest BCUT2D eigenvalue weighted by Crippen LogP contribution is 2.34. The Morgan fingerprint density at radius 3 is 2.77 bits per heavy atom. The van der Waals surface area contributed by atoms with Gasteiger partial charge in [0.1, 0.15) is 5.82 Å². The molecular formula is C21H19BrIN3O5. The number of esters is 1. The summed E-state index contributed by atoms with van der Waals surface area (Å²) in [6, 6.07) is 8.88. The van der Waals surface area contributed by atoms with Gasteiger partial charge in [-0.2, -0.15) is 9.78 Å². The Labute approximate surface area is 200 Å². The second-order valence-corrected chi connectivity index (χ2v) is 8.39. The molecular weight excluding hydrogens is 581 g/mol. The molecule has 1 aromatic heterocycles. The van der Waals surface area contributed by atoms with E-state index in [-0.39, 0.29) is 12.2 Å². The number of nitrogens with zero attached hydrogens (tertiary/aromatic N) is 3. The minimum atomic E-state index is -0.492. The zero-order chi connectivity index (χ0) is 22.5. The van der Waals surface area contributed by atoms with E-state index in [1.54, 1.807) is 31.3 Å². The van der Waals surface area contributed by atoms with E-state index in [1.807, 2.05) is 19.1 Å². The molecule has 0 amide bonds. The Morgan fingerprint density at radius 2 is 2.06 bits per heavy atom. The quantitative estimate of drug-likeness (QED) is 0.232. The number of carbonyl (C=O) groups excluding carboxylic acids is 1. The third kappa shape index (κ3) is 5.42. The fourth-order valence-corrected chi connectivity index (χ4v) is 3.92. The zero-order valence-electron chi connectivity index (χ0n) is 17.0. The van der Waals surface area contributed by atoms with Gasteiger partial charge in [0.2, 0.25) is 0 Å². The molecule has 0 spiro atoms. The Morgan fingerprint density at radius 1 is 1.29 bits per heavy atom. The van der Waals surface area contributed by atoms with Gasteiger partial charge in [0.05, 0.1) is 34.4 Å². The lowest BCUT2D eigenvalue weighted by Gasteiger charge is -2.14. The monoisotopic (exact) mass is 599 g/mol. The maximum absolute atomic E-state index is 12.9. The third-order valence-electron chi connectivity index (χ3n) is 4.19. The van der Waals surface area contributed by atoms with Gasteiger partial charge < -0.3 is 14.2 Å². The highest BCUT2D eigenvalue weighted by molar-refractivity contribution is 14.1. The molecule has 0 saturated carbocycles. The van der Waals surface area contributed by atoms with Crippen molar-refractivity contribution in [1.82, 2.24) is 9.66 Å². The molecule has 3 rings (SSSR count). The molecule has 0 atom stereocenters. The molecule has 31 heavy (non-hydrogen) atoms. The van der Waals surface area contributed by atoms with Gasteiger partial charge in [0, 0.05) is 4.47 Å². The van der Waals surface area contributed by atoms with Crippen LogP contribution in [0.25, 0.3) is 10.9 Å². The van der Waals surface area contributed by atoms with E-state index in [0.29, 0.717) is 40.4 Å². The first-order valence-electron chi connectivity index (χ1n) is 9.23. The Balaban J connectivity index is 1.99. The standard InChI is InChI=1S/C21H19BrIN3O5/c1-4-30-18-8-13(7-16(23)20(18)31-11-19(27)29-3)10-24-26-12(2)25-17-6-5-14(22)9-15(17)21(26)28/h5-10H,4,11H2,1-3H3. The van der Waals surface area contributed by atoms with E-state index in [2.05, 4.69) is 53.3 Å². The lowest BCUT2D eigenvalue weighted by molar-refractivity contribution is -0.142. The molecule has 0 aliphatic carbocycles. The Kier molecular flexibility index (Phi) is 7.65. The van der Waals surface area contributed by atoms with Gasteiger partial charge in [0.15, 0.2) is 18.1 Å². The first-order chi connectivity index (χ1) is 14.8. The minimum absolute atomic E-state index is 0.229. The number of aryl methyl sites for hydroxylation is 1. The fraction of sp³-hybridized carbons (Fsp3) is 0.238. The summed E-state index contributed by atoms with van der Waals surface area (Å²) in [4.78, 5) is 28.8. The van der Waals surface area contributed by atoms with Crippen molar-refractivity contribution < 1.29 is 19.0 Å².